The van der Waals surface area contributed by atoms with E-state index < -0.39 is 0 Å². The zero-order chi connectivity index (χ0) is 23.3. The Morgan fingerprint density at radius 3 is 2.28 bits per heavy atom. The fraction of sp³-hybridized carbons (Fsp3) is 0.880. The Morgan fingerprint density at radius 2 is 1.72 bits per heavy atom. The molecule has 1 N–H and O–H groups in total. The summed E-state index contributed by atoms with van der Waals surface area (Å²) in [6.07, 6.45) is 6.88. The Labute approximate surface area is 193 Å². The summed E-state index contributed by atoms with van der Waals surface area (Å²) in [5.74, 6) is 1.09. The smallest absolute Gasteiger partial charge is 0.306 e. The topological polar surface area (TPSA) is 79.0 Å². The zero-order valence-electron chi connectivity index (χ0n) is 20.5. The first-order valence-corrected chi connectivity index (χ1v) is 12.8. The molecule has 7 heteroatoms. The van der Waals surface area contributed by atoms with E-state index in [0.29, 0.717) is 44.3 Å². The normalized spacial score (nSPS) is 24.1. The van der Waals surface area contributed by atoms with Gasteiger partial charge in [-0.25, -0.2) is 0 Å². The van der Waals surface area contributed by atoms with E-state index >= 15 is 0 Å². The first-order chi connectivity index (χ1) is 15.2. The van der Waals surface area contributed by atoms with Crippen molar-refractivity contribution in [2.75, 3.05) is 26.2 Å². The molecule has 0 spiro atoms. The summed E-state index contributed by atoms with van der Waals surface area (Å²) < 4.78 is 5.50. The van der Waals surface area contributed by atoms with Crippen molar-refractivity contribution in [3.05, 3.63) is 0 Å². The van der Waals surface area contributed by atoms with Crippen LogP contribution in [0.4, 0.5) is 0 Å². The van der Waals surface area contributed by atoms with E-state index in [9.17, 15) is 14.4 Å². The van der Waals surface area contributed by atoms with Crippen LogP contribution in [-0.2, 0) is 19.1 Å². The maximum Gasteiger partial charge on any atom is 0.306 e. The third-order valence-corrected chi connectivity index (χ3v) is 7.12. The van der Waals surface area contributed by atoms with Gasteiger partial charge in [-0.2, -0.15) is 0 Å². The lowest BCUT2D eigenvalue weighted by atomic mass is 9.91. The van der Waals surface area contributed by atoms with Gasteiger partial charge in [-0.1, -0.05) is 27.7 Å². The van der Waals surface area contributed by atoms with Crippen molar-refractivity contribution in [2.45, 2.75) is 97.2 Å². The monoisotopic (exact) mass is 449 g/mol. The van der Waals surface area contributed by atoms with Gasteiger partial charge in [-0.3, -0.25) is 14.4 Å². The Morgan fingerprint density at radius 1 is 1.03 bits per heavy atom. The van der Waals surface area contributed by atoms with Gasteiger partial charge in [-0.05, 0) is 62.7 Å². The van der Waals surface area contributed by atoms with E-state index in [1.807, 2.05) is 9.80 Å². The van der Waals surface area contributed by atoms with Gasteiger partial charge in [0.2, 0.25) is 11.8 Å². The highest BCUT2D eigenvalue weighted by atomic mass is 16.5. The molecule has 0 radical (unpaired) electrons. The Bertz CT molecular complexity index is 654. The van der Waals surface area contributed by atoms with Crippen LogP contribution in [0.25, 0.3) is 0 Å². The first kappa shape index (κ1) is 25.0. The lowest BCUT2D eigenvalue weighted by Crippen LogP contribution is -2.62. The predicted molar refractivity (Wildman–Crippen MR) is 124 cm³/mol. The number of rotatable bonds is 9. The number of carbonyl (C=O) groups excluding carboxylic acids is 3. The van der Waals surface area contributed by atoms with Crippen molar-refractivity contribution in [2.24, 2.45) is 17.8 Å². The van der Waals surface area contributed by atoms with Crippen molar-refractivity contribution in [1.82, 2.24) is 15.1 Å². The number of nitrogens with zero attached hydrogens (tertiary/aromatic N) is 2. The van der Waals surface area contributed by atoms with E-state index in [4.69, 9.17) is 4.74 Å². The molecule has 3 fully saturated rings. The molecule has 2 atom stereocenters. The van der Waals surface area contributed by atoms with Gasteiger partial charge in [0.15, 0.2) is 0 Å². The van der Waals surface area contributed by atoms with Crippen LogP contribution in [0, 0.1) is 17.8 Å². The molecule has 0 bridgehead atoms. The molecule has 7 nitrogen and oxygen atoms in total. The molecule has 0 aromatic carbocycles. The molecular formula is C25H43N3O4. The second-order valence-electron chi connectivity index (χ2n) is 10.8. The van der Waals surface area contributed by atoms with Gasteiger partial charge in [0.25, 0.3) is 0 Å². The number of amides is 2. The van der Waals surface area contributed by atoms with Crippen LogP contribution < -0.4 is 5.32 Å². The molecule has 2 aliphatic heterocycles. The van der Waals surface area contributed by atoms with Crippen molar-refractivity contribution in [3.8, 4) is 0 Å². The van der Waals surface area contributed by atoms with Crippen LogP contribution in [0.5, 0.6) is 0 Å². The van der Waals surface area contributed by atoms with Crippen LogP contribution in [0.2, 0.25) is 0 Å². The summed E-state index contributed by atoms with van der Waals surface area (Å²) in [5.41, 5.74) is 0. The first-order valence-electron chi connectivity index (χ1n) is 12.8. The lowest BCUT2D eigenvalue weighted by molar-refractivity contribution is -0.155. The molecule has 2 saturated heterocycles. The molecule has 182 valence electrons. The Balaban J connectivity index is 1.56. The van der Waals surface area contributed by atoms with Crippen LogP contribution in [0.1, 0.15) is 79.1 Å². The lowest BCUT2D eigenvalue weighted by Gasteiger charge is -2.42. The number of ether oxygens (including phenoxy) is 1. The molecule has 3 rings (SSSR count). The quantitative estimate of drug-likeness (QED) is 0.548. The van der Waals surface area contributed by atoms with E-state index in [1.165, 1.54) is 0 Å². The second kappa shape index (κ2) is 11.5. The highest BCUT2D eigenvalue weighted by Gasteiger charge is 2.39. The maximum absolute atomic E-state index is 13.5. The average molecular weight is 450 g/mol. The number of hydrogen-bond acceptors (Lipinski definition) is 5. The number of piperidine rings is 1. The van der Waals surface area contributed by atoms with E-state index in [1.54, 1.807) is 0 Å². The largest absolute Gasteiger partial charge is 0.462 e. The zero-order valence-corrected chi connectivity index (χ0v) is 20.5. The highest BCUT2D eigenvalue weighted by molar-refractivity contribution is 5.90. The van der Waals surface area contributed by atoms with Gasteiger partial charge >= 0.3 is 5.97 Å². The summed E-state index contributed by atoms with van der Waals surface area (Å²) >= 11 is 0. The summed E-state index contributed by atoms with van der Waals surface area (Å²) in [4.78, 5) is 42.7. The molecule has 0 unspecified atom stereocenters. The van der Waals surface area contributed by atoms with Gasteiger partial charge < -0.3 is 19.9 Å². The van der Waals surface area contributed by atoms with E-state index in [0.717, 1.165) is 45.1 Å². The van der Waals surface area contributed by atoms with Crippen molar-refractivity contribution in [1.29, 1.82) is 0 Å². The Hall–Kier alpha value is -1.63. The molecule has 2 heterocycles. The van der Waals surface area contributed by atoms with E-state index in [2.05, 4.69) is 33.0 Å². The number of carbonyl (C=O) groups is 3. The average Bonchev–Trinajstić information content (AvgIpc) is 2.70. The molecule has 2 amide bonds. The molecule has 1 saturated carbocycles. The van der Waals surface area contributed by atoms with Crippen LogP contribution >= 0.6 is 0 Å². The van der Waals surface area contributed by atoms with Crippen LogP contribution in [-0.4, -0.2) is 72.0 Å². The van der Waals surface area contributed by atoms with Crippen LogP contribution in [0.3, 0.4) is 0 Å². The molecule has 1 aliphatic carbocycles. The standard InChI is InChI=1S/C25H43N3O4/c1-17(2)14-21-24(30)28(13-10-26-21)22(15-18(3)4)25(31)27-11-8-19(9-12-27)16-23(29)32-20-6-5-7-20/h17-22,26H,5-16H2,1-4H3/t21-,22-/m0/s1. The number of piperazine rings is 1. The number of likely N-dealkylation sites (tertiary alicyclic amines) is 1. The van der Waals surface area contributed by atoms with Gasteiger partial charge in [0.1, 0.15) is 12.1 Å². The van der Waals surface area contributed by atoms with E-state index in [-0.39, 0.29) is 41.9 Å². The summed E-state index contributed by atoms with van der Waals surface area (Å²) in [6, 6.07) is -0.585. The van der Waals surface area contributed by atoms with Gasteiger partial charge in [0, 0.05) is 32.6 Å². The maximum atomic E-state index is 13.5. The number of hydrogen-bond donors (Lipinski definition) is 1. The number of nitrogens with one attached hydrogen (secondary N) is 1. The second-order valence-corrected chi connectivity index (χ2v) is 10.8. The number of esters is 1. The van der Waals surface area contributed by atoms with Gasteiger partial charge in [0.05, 0.1) is 6.04 Å². The molecule has 3 aliphatic rings. The van der Waals surface area contributed by atoms with Crippen LogP contribution in [0.15, 0.2) is 0 Å². The third-order valence-electron chi connectivity index (χ3n) is 7.12. The molecule has 32 heavy (non-hydrogen) atoms. The van der Waals surface area contributed by atoms with Crippen molar-refractivity contribution in [3.63, 3.8) is 0 Å². The fourth-order valence-electron chi connectivity index (χ4n) is 5.06. The molecule has 0 aromatic rings. The summed E-state index contributed by atoms with van der Waals surface area (Å²) in [5, 5.41) is 3.34. The van der Waals surface area contributed by atoms with Gasteiger partial charge in [-0.15, -0.1) is 0 Å². The highest BCUT2D eigenvalue weighted by Crippen LogP contribution is 2.27. The fourth-order valence-corrected chi connectivity index (χ4v) is 5.06. The minimum Gasteiger partial charge on any atom is -0.462 e. The van der Waals surface area contributed by atoms with Crippen molar-refractivity contribution >= 4 is 17.8 Å². The molecular weight excluding hydrogens is 406 g/mol. The predicted octanol–water partition coefficient (Wildman–Crippen LogP) is 2.97. The SMILES string of the molecule is CC(C)C[C@@H]1NCCN([C@@H](CC(C)C)C(=O)N2CCC(CC(=O)OC3CCC3)CC2)C1=O. The van der Waals surface area contributed by atoms with Crippen molar-refractivity contribution < 1.29 is 19.1 Å². The molecule has 0 aromatic heterocycles. The Kier molecular flexibility index (Phi) is 8.97. The minimum absolute atomic E-state index is 0.0672. The third kappa shape index (κ3) is 6.69. The summed E-state index contributed by atoms with van der Waals surface area (Å²) in [7, 11) is 0. The minimum atomic E-state index is -0.389. The summed E-state index contributed by atoms with van der Waals surface area (Å²) in [6.45, 7) is 11.1.